The van der Waals surface area contributed by atoms with Crippen molar-refractivity contribution in [2.45, 2.75) is 6.04 Å². The van der Waals surface area contributed by atoms with E-state index in [9.17, 15) is 4.39 Å². The van der Waals surface area contributed by atoms with E-state index in [1.807, 2.05) is 12.1 Å². The summed E-state index contributed by atoms with van der Waals surface area (Å²) in [4.78, 5) is 2.32. The number of nitrogens with zero attached hydrogens (tertiary/aromatic N) is 1. The fraction of sp³-hybridized carbons (Fsp3) is 0.385. The lowest BCUT2D eigenvalue weighted by molar-refractivity contribution is 0.203. The van der Waals surface area contributed by atoms with E-state index in [0.717, 1.165) is 31.7 Å². The van der Waals surface area contributed by atoms with Gasteiger partial charge < -0.3 is 5.32 Å². The van der Waals surface area contributed by atoms with Gasteiger partial charge in [0.1, 0.15) is 5.82 Å². The normalized spacial score (nSPS) is 19.3. The first-order valence-corrected chi connectivity index (χ1v) is 5.64. The molecule has 1 atom stereocenters. The summed E-state index contributed by atoms with van der Waals surface area (Å²) in [5.74, 6) is -0.181. The summed E-state index contributed by atoms with van der Waals surface area (Å²) >= 11 is 0. The topological polar surface area (TPSA) is 15.3 Å². The number of hydrogen-bond donors (Lipinski definition) is 1. The summed E-state index contributed by atoms with van der Waals surface area (Å²) in [6.45, 7) is 7.79. The predicted molar refractivity (Wildman–Crippen MR) is 63.8 cm³/mol. The van der Waals surface area contributed by atoms with Gasteiger partial charge in [0.05, 0.1) is 6.04 Å². The van der Waals surface area contributed by atoms with Crippen molar-refractivity contribution in [2.75, 3.05) is 26.2 Å². The van der Waals surface area contributed by atoms with Crippen LogP contribution in [0.15, 0.2) is 36.9 Å². The largest absolute Gasteiger partial charge is 0.314 e. The molecule has 86 valence electrons. The molecule has 1 heterocycles. The van der Waals surface area contributed by atoms with Gasteiger partial charge in [-0.3, -0.25) is 4.90 Å². The summed E-state index contributed by atoms with van der Waals surface area (Å²) < 4.78 is 13.2. The fourth-order valence-electron chi connectivity index (χ4n) is 2.15. The van der Waals surface area contributed by atoms with Crippen LogP contribution < -0.4 is 5.32 Å². The number of benzene rings is 1. The molecule has 0 spiro atoms. The molecule has 1 aliphatic heterocycles. The molecule has 1 N–H and O–H groups in total. The molecular weight excluding hydrogens is 203 g/mol. The second-order valence-electron chi connectivity index (χ2n) is 4.02. The van der Waals surface area contributed by atoms with Gasteiger partial charge in [0.25, 0.3) is 0 Å². The van der Waals surface area contributed by atoms with Crippen molar-refractivity contribution in [1.82, 2.24) is 10.2 Å². The molecule has 0 amide bonds. The number of nitrogens with one attached hydrogen (secondary N) is 1. The molecule has 1 aromatic rings. The molecule has 2 rings (SSSR count). The zero-order valence-corrected chi connectivity index (χ0v) is 9.32. The number of piperazine rings is 1. The molecule has 0 unspecified atom stereocenters. The molecule has 0 aliphatic carbocycles. The van der Waals surface area contributed by atoms with E-state index in [2.05, 4.69) is 16.8 Å². The number of halogens is 1. The number of rotatable bonds is 3. The first-order valence-electron chi connectivity index (χ1n) is 5.64. The maximum Gasteiger partial charge on any atom is 0.123 e. The maximum atomic E-state index is 13.2. The minimum absolute atomic E-state index is 0.123. The standard InChI is InChI=1S/C13H17FN2/c1-2-13(16-8-6-15-7-9-16)11-4-3-5-12(14)10-11/h2-5,10,13,15H,1,6-9H2/t13-/m0/s1. The Labute approximate surface area is 95.8 Å². The summed E-state index contributed by atoms with van der Waals surface area (Å²) in [7, 11) is 0. The fourth-order valence-corrected chi connectivity index (χ4v) is 2.15. The van der Waals surface area contributed by atoms with Gasteiger partial charge in [-0.1, -0.05) is 18.2 Å². The van der Waals surface area contributed by atoms with E-state index in [0.29, 0.717) is 0 Å². The highest BCUT2D eigenvalue weighted by atomic mass is 19.1. The smallest absolute Gasteiger partial charge is 0.123 e. The third-order valence-corrected chi connectivity index (χ3v) is 2.96. The third-order valence-electron chi connectivity index (χ3n) is 2.96. The van der Waals surface area contributed by atoms with Crippen molar-refractivity contribution in [3.63, 3.8) is 0 Å². The summed E-state index contributed by atoms with van der Waals surface area (Å²) in [5, 5.41) is 3.31. The van der Waals surface area contributed by atoms with Gasteiger partial charge >= 0.3 is 0 Å². The van der Waals surface area contributed by atoms with Crippen LogP contribution in [0.1, 0.15) is 11.6 Å². The van der Waals surface area contributed by atoms with Crippen LogP contribution in [0.3, 0.4) is 0 Å². The van der Waals surface area contributed by atoms with Gasteiger partial charge in [-0.25, -0.2) is 4.39 Å². The molecule has 0 saturated carbocycles. The predicted octanol–water partition coefficient (Wildman–Crippen LogP) is 1.96. The van der Waals surface area contributed by atoms with Crippen LogP contribution in [0.5, 0.6) is 0 Å². The average molecular weight is 220 g/mol. The van der Waals surface area contributed by atoms with Crippen LogP contribution in [-0.2, 0) is 0 Å². The highest BCUT2D eigenvalue weighted by molar-refractivity contribution is 5.23. The van der Waals surface area contributed by atoms with E-state index in [4.69, 9.17) is 0 Å². The summed E-state index contributed by atoms with van der Waals surface area (Å²) in [6.07, 6.45) is 1.89. The van der Waals surface area contributed by atoms with Crippen molar-refractivity contribution in [3.05, 3.63) is 48.3 Å². The van der Waals surface area contributed by atoms with Crippen LogP contribution in [-0.4, -0.2) is 31.1 Å². The zero-order chi connectivity index (χ0) is 11.4. The van der Waals surface area contributed by atoms with Gasteiger partial charge in [0.15, 0.2) is 0 Å². The highest BCUT2D eigenvalue weighted by Gasteiger charge is 2.19. The SMILES string of the molecule is C=C[C@@H](c1cccc(F)c1)N1CCNCC1. The Kier molecular flexibility index (Phi) is 3.70. The third kappa shape index (κ3) is 2.49. The molecule has 3 heteroatoms. The van der Waals surface area contributed by atoms with Crippen LogP contribution in [0.25, 0.3) is 0 Å². The second-order valence-corrected chi connectivity index (χ2v) is 4.02. The van der Waals surface area contributed by atoms with E-state index in [1.165, 1.54) is 6.07 Å². The Hall–Kier alpha value is -1.19. The Morgan fingerprint density at radius 1 is 1.38 bits per heavy atom. The van der Waals surface area contributed by atoms with Gasteiger partial charge in [-0.15, -0.1) is 6.58 Å². The van der Waals surface area contributed by atoms with Crippen molar-refractivity contribution in [1.29, 1.82) is 0 Å². The van der Waals surface area contributed by atoms with Gasteiger partial charge in [-0.05, 0) is 17.7 Å². The maximum absolute atomic E-state index is 13.2. The molecule has 1 aliphatic rings. The molecule has 2 nitrogen and oxygen atoms in total. The van der Waals surface area contributed by atoms with Crippen molar-refractivity contribution in [3.8, 4) is 0 Å². The molecule has 16 heavy (non-hydrogen) atoms. The van der Waals surface area contributed by atoms with Crippen LogP contribution in [0, 0.1) is 5.82 Å². The highest BCUT2D eigenvalue weighted by Crippen LogP contribution is 2.22. The second kappa shape index (κ2) is 5.23. The minimum Gasteiger partial charge on any atom is -0.314 e. The Balaban J connectivity index is 2.17. The summed E-state index contributed by atoms with van der Waals surface area (Å²) in [6, 6.07) is 6.90. The van der Waals surface area contributed by atoms with E-state index in [1.54, 1.807) is 12.1 Å². The van der Waals surface area contributed by atoms with Crippen LogP contribution >= 0.6 is 0 Å². The lowest BCUT2D eigenvalue weighted by atomic mass is 10.0. The Morgan fingerprint density at radius 2 is 2.12 bits per heavy atom. The van der Waals surface area contributed by atoms with E-state index in [-0.39, 0.29) is 11.9 Å². The minimum atomic E-state index is -0.181. The first-order chi connectivity index (χ1) is 7.81. The van der Waals surface area contributed by atoms with Crippen molar-refractivity contribution in [2.24, 2.45) is 0 Å². The molecule has 0 radical (unpaired) electrons. The van der Waals surface area contributed by atoms with Crippen LogP contribution in [0.4, 0.5) is 4.39 Å². The average Bonchev–Trinajstić information content (AvgIpc) is 2.31. The zero-order valence-electron chi connectivity index (χ0n) is 9.32. The molecule has 1 fully saturated rings. The Morgan fingerprint density at radius 3 is 2.75 bits per heavy atom. The van der Waals surface area contributed by atoms with Gasteiger partial charge in [0, 0.05) is 26.2 Å². The summed E-state index contributed by atoms with van der Waals surface area (Å²) in [5.41, 5.74) is 0.983. The Bertz CT molecular complexity index is 359. The van der Waals surface area contributed by atoms with E-state index < -0.39 is 0 Å². The molecule has 1 saturated heterocycles. The molecule has 0 aromatic heterocycles. The number of hydrogen-bond acceptors (Lipinski definition) is 2. The lowest BCUT2D eigenvalue weighted by Gasteiger charge is -2.33. The molecular formula is C13H17FN2. The lowest BCUT2D eigenvalue weighted by Crippen LogP contribution is -2.44. The van der Waals surface area contributed by atoms with Gasteiger partial charge in [0.2, 0.25) is 0 Å². The quantitative estimate of drug-likeness (QED) is 0.783. The van der Waals surface area contributed by atoms with Crippen molar-refractivity contribution >= 4 is 0 Å². The van der Waals surface area contributed by atoms with E-state index >= 15 is 0 Å². The molecule has 0 bridgehead atoms. The molecule has 1 aromatic carbocycles. The van der Waals surface area contributed by atoms with Crippen molar-refractivity contribution < 1.29 is 4.39 Å². The monoisotopic (exact) mass is 220 g/mol. The first kappa shape index (κ1) is 11.3. The van der Waals surface area contributed by atoms with Gasteiger partial charge in [-0.2, -0.15) is 0 Å². The van der Waals surface area contributed by atoms with Crippen LogP contribution in [0.2, 0.25) is 0 Å².